The molecule has 1 aliphatic rings. The second-order valence-electron chi connectivity index (χ2n) is 4.04. The molecule has 2 atom stereocenters. The first kappa shape index (κ1) is 11.8. The lowest BCUT2D eigenvalue weighted by molar-refractivity contribution is 0.153. The van der Waals surface area contributed by atoms with Crippen LogP contribution in [0.4, 0.5) is 0 Å². The van der Waals surface area contributed by atoms with Gasteiger partial charge >= 0.3 is 0 Å². The summed E-state index contributed by atoms with van der Waals surface area (Å²) >= 11 is 3.44. The minimum Gasteiger partial charge on any atom is -0.376 e. The Morgan fingerprint density at radius 2 is 2.19 bits per heavy atom. The van der Waals surface area contributed by atoms with Crippen LogP contribution in [0.1, 0.15) is 5.56 Å². The predicted molar refractivity (Wildman–Crippen MR) is 69.4 cm³/mol. The van der Waals surface area contributed by atoms with Gasteiger partial charge in [-0.15, -0.1) is 6.58 Å². The molecule has 1 aliphatic heterocycles. The molecule has 0 saturated carbocycles. The van der Waals surface area contributed by atoms with E-state index in [2.05, 4.69) is 51.7 Å². The Morgan fingerprint density at radius 1 is 1.44 bits per heavy atom. The van der Waals surface area contributed by atoms with Crippen molar-refractivity contribution in [3.8, 4) is 0 Å². The highest BCUT2D eigenvalue weighted by Crippen LogP contribution is 2.22. The van der Waals surface area contributed by atoms with Crippen LogP contribution in [0.25, 0.3) is 0 Å². The maximum absolute atomic E-state index is 5.43. The van der Waals surface area contributed by atoms with E-state index in [1.807, 2.05) is 0 Å². The van der Waals surface area contributed by atoms with Gasteiger partial charge in [-0.3, -0.25) is 4.90 Å². The third kappa shape index (κ3) is 3.44. The zero-order valence-electron chi connectivity index (χ0n) is 9.23. The van der Waals surface area contributed by atoms with Gasteiger partial charge in [0.05, 0.1) is 13.2 Å². The molecule has 0 amide bonds. The van der Waals surface area contributed by atoms with Crippen molar-refractivity contribution < 1.29 is 4.74 Å². The third-order valence-corrected chi connectivity index (χ3v) is 3.20. The van der Waals surface area contributed by atoms with Gasteiger partial charge in [0.2, 0.25) is 0 Å². The van der Waals surface area contributed by atoms with E-state index in [4.69, 9.17) is 4.74 Å². The average Bonchev–Trinajstić information content (AvgIpc) is 3.01. The summed E-state index contributed by atoms with van der Waals surface area (Å²) in [7, 11) is 0. The minimum absolute atomic E-state index is 0.601. The first-order valence-corrected chi connectivity index (χ1v) is 6.26. The van der Waals surface area contributed by atoms with Crippen LogP contribution in [0, 0.1) is 0 Å². The highest BCUT2D eigenvalue weighted by molar-refractivity contribution is 9.10. The predicted octanol–water partition coefficient (Wildman–Crippen LogP) is 2.84. The Hall–Kier alpha value is -0.640. The molecule has 0 radical (unpaired) electrons. The Labute approximate surface area is 105 Å². The average molecular weight is 282 g/mol. The molecule has 0 aromatic heterocycles. The first-order chi connectivity index (χ1) is 7.79. The fraction of sp³-hybridized carbons (Fsp3) is 0.385. The SMILES string of the molecule is C=CCOCC1CN1Cc1ccc(Br)cc1. The van der Waals surface area contributed by atoms with Gasteiger partial charge in [-0.05, 0) is 17.7 Å². The van der Waals surface area contributed by atoms with Gasteiger partial charge in [0, 0.05) is 23.6 Å². The number of ether oxygens (including phenoxy) is 1. The smallest absolute Gasteiger partial charge is 0.0645 e. The van der Waals surface area contributed by atoms with E-state index >= 15 is 0 Å². The molecule has 1 heterocycles. The summed E-state index contributed by atoms with van der Waals surface area (Å²) in [6.07, 6.45) is 1.79. The number of benzene rings is 1. The van der Waals surface area contributed by atoms with Crippen molar-refractivity contribution >= 4 is 15.9 Å². The topological polar surface area (TPSA) is 12.2 Å². The van der Waals surface area contributed by atoms with Crippen LogP contribution in [0.2, 0.25) is 0 Å². The minimum atomic E-state index is 0.601. The van der Waals surface area contributed by atoms with Gasteiger partial charge in [-0.25, -0.2) is 0 Å². The lowest BCUT2D eigenvalue weighted by Gasteiger charge is -2.04. The van der Waals surface area contributed by atoms with E-state index in [0.29, 0.717) is 12.6 Å². The highest BCUT2D eigenvalue weighted by Gasteiger charge is 2.33. The van der Waals surface area contributed by atoms with Crippen molar-refractivity contribution in [1.82, 2.24) is 4.90 Å². The summed E-state index contributed by atoms with van der Waals surface area (Å²) in [5.41, 5.74) is 1.36. The molecule has 2 unspecified atom stereocenters. The molecular weight excluding hydrogens is 266 g/mol. The molecular formula is C13H16BrNO. The second kappa shape index (κ2) is 5.62. The molecule has 86 valence electrons. The van der Waals surface area contributed by atoms with Gasteiger partial charge in [0.25, 0.3) is 0 Å². The summed E-state index contributed by atoms with van der Waals surface area (Å²) < 4.78 is 6.56. The first-order valence-electron chi connectivity index (χ1n) is 5.46. The Kier molecular flexibility index (Phi) is 4.16. The number of nitrogens with zero attached hydrogens (tertiary/aromatic N) is 1. The van der Waals surface area contributed by atoms with Crippen LogP contribution in [0.5, 0.6) is 0 Å². The lowest BCUT2D eigenvalue weighted by Crippen LogP contribution is -2.08. The van der Waals surface area contributed by atoms with E-state index in [9.17, 15) is 0 Å². The number of rotatable bonds is 6. The molecule has 0 bridgehead atoms. The van der Waals surface area contributed by atoms with Gasteiger partial charge in [0.1, 0.15) is 0 Å². The molecule has 0 aliphatic carbocycles. The summed E-state index contributed by atoms with van der Waals surface area (Å²) in [4.78, 5) is 2.41. The number of hydrogen-bond acceptors (Lipinski definition) is 2. The van der Waals surface area contributed by atoms with Crippen molar-refractivity contribution in [2.75, 3.05) is 19.8 Å². The fourth-order valence-electron chi connectivity index (χ4n) is 1.69. The van der Waals surface area contributed by atoms with Crippen LogP contribution in [-0.2, 0) is 11.3 Å². The molecule has 1 fully saturated rings. The van der Waals surface area contributed by atoms with Crippen molar-refractivity contribution in [2.24, 2.45) is 0 Å². The Balaban J connectivity index is 1.72. The summed E-state index contributed by atoms with van der Waals surface area (Å²) in [6.45, 7) is 7.28. The van der Waals surface area contributed by atoms with Gasteiger partial charge in [-0.1, -0.05) is 34.1 Å². The van der Waals surface area contributed by atoms with Crippen LogP contribution < -0.4 is 0 Å². The van der Waals surface area contributed by atoms with E-state index in [1.54, 1.807) is 6.08 Å². The molecule has 1 aromatic carbocycles. The number of halogens is 1. The second-order valence-corrected chi connectivity index (χ2v) is 4.95. The lowest BCUT2D eigenvalue weighted by atomic mass is 10.2. The molecule has 2 rings (SSSR count). The van der Waals surface area contributed by atoms with E-state index < -0.39 is 0 Å². The van der Waals surface area contributed by atoms with Crippen molar-refractivity contribution in [1.29, 1.82) is 0 Å². The van der Waals surface area contributed by atoms with E-state index in [0.717, 1.165) is 24.2 Å². The monoisotopic (exact) mass is 281 g/mol. The van der Waals surface area contributed by atoms with E-state index in [-0.39, 0.29) is 0 Å². The fourth-order valence-corrected chi connectivity index (χ4v) is 1.95. The maximum Gasteiger partial charge on any atom is 0.0645 e. The van der Waals surface area contributed by atoms with E-state index in [1.165, 1.54) is 5.56 Å². The molecule has 2 nitrogen and oxygen atoms in total. The largest absolute Gasteiger partial charge is 0.376 e. The van der Waals surface area contributed by atoms with Crippen LogP contribution in [0.3, 0.4) is 0 Å². The van der Waals surface area contributed by atoms with Crippen molar-refractivity contribution in [3.05, 3.63) is 47.0 Å². The van der Waals surface area contributed by atoms with Gasteiger partial charge in [-0.2, -0.15) is 0 Å². The zero-order valence-corrected chi connectivity index (χ0v) is 10.8. The molecule has 16 heavy (non-hydrogen) atoms. The molecule has 3 heteroatoms. The zero-order chi connectivity index (χ0) is 11.4. The molecule has 1 aromatic rings. The highest BCUT2D eigenvalue weighted by atomic mass is 79.9. The van der Waals surface area contributed by atoms with Gasteiger partial charge in [0.15, 0.2) is 0 Å². The molecule has 0 spiro atoms. The van der Waals surface area contributed by atoms with Crippen molar-refractivity contribution in [3.63, 3.8) is 0 Å². The van der Waals surface area contributed by atoms with Crippen LogP contribution in [-0.4, -0.2) is 30.7 Å². The summed E-state index contributed by atoms with van der Waals surface area (Å²) in [5, 5.41) is 0. The van der Waals surface area contributed by atoms with Gasteiger partial charge < -0.3 is 4.74 Å². The summed E-state index contributed by atoms with van der Waals surface area (Å²) in [6, 6.07) is 9.08. The maximum atomic E-state index is 5.43. The normalized spacial score (nSPS) is 23.1. The van der Waals surface area contributed by atoms with Crippen LogP contribution >= 0.6 is 15.9 Å². The third-order valence-electron chi connectivity index (χ3n) is 2.67. The summed E-state index contributed by atoms with van der Waals surface area (Å²) in [5.74, 6) is 0. The standard InChI is InChI=1S/C13H16BrNO/c1-2-7-16-10-13-9-15(13)8-11-3-5-12(14)6-4-11/h2-6,13H,1,7-10H2. The Bertz CT molecular complexity index is 349. The Morgan fingerprint density at radius 3 is 2.88 bits per heavy atom. The molecule has 0 N–H and O–H groups in total. The molecule has 1 saturated heterocycles. The van der Waals surface area contributed by atoms with Crippen LogP contribution in [0.15, 0.2) is 41.4 Å². The number of hydrogen-bond donors (Lipinski definition) is 0. The van der Waals surface area contributed by atoms with Crippen molar-refractivity contribution in [2.45, 2.75) is 12.6 Å². The quantitative estimate of drug-likeness (QED) is 0.452.